The molecular weight excluding hydrogens is 330 g/mol. The largest absolute Gasteiger partial charge is 0.493 e. The van der Waals surface area contributed by atoms with Gasteiger partial charge < -0.3 is 13.9 Å². The summed E-state index contributed by atoms with van der Waals surface area (Å²) in [5.41, 5.74) is 0.820. The van der Waals surface area contributed by atoms with Crippen LogP contribution < -0.4 is 9.47 Å². The third-order valence-corrected chi connectivity index (χ3v) is 3.59. The molecule has 0 amide bonds. The summed E-state index contributed by atoms with van der Waals surface area (Å²) in [6.07, 6.45) is 1.75. The second-order valence-electron chi connectivity index (χ2n) is 6.90. The molecule has 0 saturated heterocycles. The molecule has 0 aliphatic carbocycles. The normalized spacial score (nSPS) is 12.0. The molecule has 1 aromatic heterocycles. The molecule has 0 fully saturated rings. The third-order valence-electron chi connectivity index (χ3n) is 3.59. The van der Waals surface area contributed by atoms with E-state index in [-0.39, 0.29) is 16.9 Å². The average Bonchev–Trinajstić information content (AvgIpc) is 2.96. The van der Waals surface area contributed by atoms with Gasteiger partial charge in [-0.2, -0.15) is 8.78 Å². The fourth-order valence-electron chi connectivity index (χ4n) is 2.33. The molecule has 0 aliphatic rings. The minimum atomic E-state index is -2.88. The predicted octanol–water partition coefficient (Wildman–Crippen LogP) is 4.21. The number of benzene rings is 1. The summed E-state index contributed by atoms with van der Waals surface area (Å²) in [6, 6.07) is 4.90. The highest BCUT2D eigenvalue weighted by Crippen LogP contribution is 2.30. The van der Waals surface area contributed by atoms with Gasteiger partial charge in [0.25, 0.3) is 0 Å². The van der Waals surface area contributed by atoms with Gasteiger partial charge in [0, 0.05) is 12.0 Å². The molecule has 0 spiro atoms. The van der Waals surface area contributed by atoms with Crippen LogP contribution in [0.2, 0.25) is 0 Å². The van der Waals surface area contributed by atoms with E-state index in [1.54, 1.807) is 18.3 Å². The summed E-state index contributed by atoms with van der Waals surface area (Å²) < 4.78 is 40.1. The van der Waals surface area contributed by atoms with Crippen molar-refractivity contribution in [3.63, 3.8) is 0 Å². The van der Waals surface area contributed by atoms with Crippen molar-refractivity contribution in [1.82, 2.24) is 9.88 Å². The molecule has 25 heavy (non-hydrogen) atoms. The van der Waals surface area contributed by atoms with E-state index in [9.17, 15) is 8.78 Å². The molecule has 7 heteroatoms. The quantitative estimate of drug-likeness (QED) is 0.745. The second kappa shape index (κ2) is 7.82. The highest BCUT2D eigenvalue weighted by molar-refractivity contribution is 5.43. The fourth-order valence-corrected chi connectivity index (χ4v) is 2.33. The third kappa shape index (κ3) is 5.42. The Morgan fingerprint density at radius 3 is 2.48 bits per heavy atom. The van der Waals surface area contributed by atoms with Gasteiger partial charge in [0.15, 0.2) is 11.5 Å². The van der Waals surface area contributed by atoms with Crippen LogP contribution >= 0.6 is 0 Å². The maximum atomic E-state index is 12.4. The summed E-state index contributed by atoms with van der Waals surface area (Å²) in [6.45, 7) is 4.43. The Bertz CT molecular complexity index is 696. The Morgan fingerprint density at radius 1 is 1.20 bits per heavy atom. The Balaban J connectivity index is 2.02. The summed E-state index contributed by atoms with van der Waals surface area (Å²) >= 11 is 0. The molecule has 1 aromatic carbocycles. The van der Waals surface area contributed by atoms with Crippen LogP contribution in [0.1, 0.15) is 38.0 Å². The van der Waals surface area contributed by atoms with E-state index >= 15 is 0 Å². The highest BCUT2D eigenvalue weighted by atomic mass is 19.3. The molecule has 0 saturated carbocycles. The van der Waals surface area contributed by atoms with Crippen LogP contribution in [0.4, 0.5) is 8.78 Å². The smallest absolute Gasteiger partial charge is 0.387 e. The zero-order chi connectivity index (χ0) is 18.6. The van der Waals surface area contributed by atoms with Gasteiger partial charge in [-0.1, -0.05) is 26.8 Å². The number of methoxy groups -OCH3 is 1. The zero-order valence-corrected chi connectivity index (χ0v) is 15.2. The average molecular weight is 354 g/mol. The zero-order valence-electron chi connectivity index (χ0n) is 15.2. The standard InChI is InChI=1S/C18H24F2N2O3/c1-18(2,3)15-9-21-16(25-15)11-22(4)10-12-6-7-13(24-17(19)20)14(8-12)23-5/h6-9,17H,10-11H2,1-5H3. The first-order chi connectivity index (χ1) is 11.7. The number of alkyl halides is 2. The Hall–Kier alpha value is -2.15. The topological polar surface area (TPSA) is 47.7 Å². The molecule has 0 unspecified atom stereocenters. The van der Waals surface area contributed by atoms with Crippen molar-refractivity contribution in [1.29, 1.82) is 0 Å². The minimum Gasteiger partial charge on any atom is -0.493 e. The lowest BCUT2D eigenvalue weighted by molar-refractivity contribution is -0.0512. The number of hydrogen-bond acceptors (Lipinski definition) is 5. The van der Waals surface area contributed by atoms with Crippen molar-refractivity contribution in [2.75, 3.05) is 14.2 Å². The lowest BCUT2D eigenvalue weighted by Gasteiger charge is -2.17. The van der Waals surface area contributed by atoms with E-state index in [1.807, 2.05) is 11.9 Å². The molecular formula is C18H24F2N2O3. The van der Waals surface area contributed by atoms with Crippen molar-refractivity contribution in [2.45, 2.75) is 45.9 Å². The number of rotatable bonds is 7. The number of ether oxygens (including phenoxy) is 2. The summed E-state index contributed by atoms with van der Waals surface area (Å²) in [4.78, 5) is 6.32. The van der Waals surface area contributed by atoms with Crippen LogP contribution in [0.15, 0.2) is 28.8 Å². The monoisotopic (exact) mass is 354 g/mol. The number of oxazole rings is 1. The maximum Gasteiger partial charge on any atom is 0.387 e. The van der Waals surface area contributed by atoms with Crippen LogP contribution in [0.3, 0.4) is 0 Å². The number of nitrogens with zero attached hydrogens (tertiary/aromatic N) is 2. The van der Waals surface area contributed by atoms with Gasteiger partial charge >= 0.3 is 6.61 Å². The van der Waals surface area contributed by atoms with Gasteiger partial charge in [0.2, 0.25) is 5.89 Å². The SMILES string of the molecule is COc1cc(CN(C)Cc2ncc(C(C)(C)C)o2)ccc1OC(F)F. The van der Waals surface area contributed by atoms with Crippen LogP contribution in [-0.4, -0.2) is 30.7 Å². The number of hydrogen-bond donors (Lipinski definition) is 0. The van der Waals surface area contributed by atoms with Gasteiger partial charge in [0.05, 0.1) is 19.9 Å². The van der Waals surface area contributed by atoms with E-state index in [0.717, 1.165) is 11.3 Å². The number of halogens is 2. The van der Waals surface area contributed by atoms with Gasteiger partial charge in [-0.25, -0.2) is 4.98 Å². The highest BCUT2D eigenvalue weighted by Gasteiger charge is 2.19. The molecule has 2 aromatic rings. The summed E-state index contributed by atoms with van der Waals surface area (Å²) in [5.74, 6) is 1.77. The van der Waals surface area contributed by atoms with E-state index < -0.39 is 6.61 Å². The van der Waals surface area contributed by atoms with Crippen molar-refractivity contribution >= 4 is 0 Å². The summed E-state index contributed by atoms with van der Waals surface area (Å²) in [7, 11) is 3.35. The maximum absolute atomic E-state index is 12.4. The lowest BCUT2D eigenvalue weighted by Crippen LogP contribution is -2.17. The van der Waals surface area contributed by atoms with Gasteiger partial charge in [-0.15, -0.1) is 0 Å². The van der Waals surface area contributed by atoms with Gasteiger partial charge in [-0.3, -0.25) is 4.90 Å². The molecule has 0 radical (unpaired) electrons. The molecule has 5 nitrogen and oxygen atoms in total. The molecule has 0 N–H and O–H groups in total. The van der Waals surface area contributed by atoms with Crippen molar-refractivity contribution < 1.29 is 22.7 Å². The fraction of sp³-hybridized carbons (Fsp3) is 0.500. The van der Waals surface area contributed by atoms with Crippen molar-refractivity contribution in [3.8, 4) is 11.5 Å². The first kappa shape index (κ1) is 19.2. The van der Waals surface area contributed by atoms with Gasteiger partial charge in [0.1, 0.15) is 5.76 Å². The summed E-state index contributed by atoms with van der Waals surface area (Å²) in [5, 5.41) is 0. The molecule has 0 aliphatic heterocycles. The molecule has 1 heterocycles. The van der Waals surface area contributed by atoms with Crippen molar-refractivity contribution in [2.24, 2.45) is 0 Å². The van der Waals surface area contributed by atoms with Gasteiger partial charge in [-0.05, 0) is 24.7 Å². The Morgan fingerprint density at radius 2 is 1.92 bits per heavy atom. The van der Waals surface area contributed by atoms with Crippen LogP contribution in [0.5, 0.6) is 11.5 Å². The van der Waals surface area contributed by atoms with E-state index in [0.29, 0.717) is 19.0 Å². The van der Waals surface area contributed by atoms with E-state index in [1.165, 1.54) is 13.2 Å². The molecule has 0 bridgehead atoms. The second-order valence-corrected chi connectivity index (χ2v) is 6.90. The lowest BCUT2D eigenvalue weighted by atomic mass is 9.94. The number of aromatic nitrogens is 1. The van der Waals surface area contributed by atoms with Crippen LogP contribution in [0.25, 0.3) is 0 Å². The van der Waals surface area contributed by atoms with E-state index in [2.05, 4.69) is 30.5 Å². The molecule has 0 atom stereocenters. The van der Waals surface area contributed by atoms with Crippen molar-refractivity contribution in [3.05, 3.63) is 41.6 Å². The first-order valence-electron chi connectivity index (χ1n) is 7.94. The van der Waals surface area contributed by atoms with E-state index in [4.69, 9.17) is 9.15 Å². The first-order valence-corrected chi connectivity index (χ1v) is 7.94. The minimum absolute atomic E-state index is 0.0198. The Labute approximate surface area is 146 Å². The molecule has 138 valence electrons. The predicted molar refractivity (Wildman–Crippen MR) is 90.0 cm³/mol. The van der Waals surface area contributed by atoms with Crippen LogP contribution in [-0.2, 0) is 18.5 Å². The molecule has 2 rings (SSSR count). The van der Waals surface area contributed by atoms with Crippen LogP contribution in [0, 0.1) is 0 Å². The Kier molecular flexibility index (Phi) is 6.00.